The minimum Gasteiger partial charge on any atom is -0.363 e. The lowest BCUT2D eigenvalue weighted by Gasteiger charge is -2.03. The summed E-state index contributed by atoms with van der Waals surface area (Å²) in [6, 6.07) is 1.39. The first-order valence-corrected chi connectivity index (χ1v) is 4.91. The van der Waals surface area contributed by atoms with Crippen molar-refractivity contribution in [1.29, 1.82) is 0 Å². The van der Waals surface area contributed by atoms with E-state index in [0.29, 0.717) is 17.4 Å². The van der Waals surface area contributed by atoms with E-state index >= 15 is 0 Å². The van der Waals surface area contributed by atoms with Crippen molar-refractivity contribution in [2.45, 2.75) is 6.42 Å². The lowest BCUT2D eigenvalue weighted by Crippen LogP contribution is -2.05. The molecule has 0 radical (unpaired) electrons. The number of anilines is 1. The summed E-state index contributed by atoms with van der Waals surface area (Å²) in [6.07, 6.45) is 7.05. The third kappa shape index (κ3) is 3.22. The van der Waals surface area contributed by atoms with Crippen molar-refractivity contribution < 1.29 is 4.92 Å². The molecule has 0 aliphatic rings. The zero-order chi connectivity index (χ0) is 11.3. The highest BCUT2D eigenvalue weighted by Crippen LogP contribution is 2.24. The van der Waals surface area contributed by atoms with Crippen molar-refractivity contribution in [3.8, 4) is 12.3 Å². The van der Waals surface area contributed by atoms with Gasteiger partial charge in [0, 0.05) is 29.7 Å². The minimum absolute atomic E-state index is 0.0682. The van der Waals surface area contributed by atoms with Gasteiger partial charge in [-0.1, -0.05) is 0 Å². The number of pyridine rings is 1. The Hall–Kier alpha value is -1.61. The van der Waals surface area contributed by atoms with Crippen LogP contribution in [-0.4, -0.2) is 16.5 Å². The van der Waals surface area contributed by atoms with Crippen molar-refractivity contribution >= 4 is 27.4 Å². The quantitative estimate of drug-likeness (QED) is 0.394. The van der Waals surface area contributed by atoms with E-state index in [-0.39, 0.29) is 11.5 Å². The molecule has 1 N–H and O–H groups in total. The number of terminal acetylenes is 1. The first kappa shape index (κ1) is 11.5. The topological polar surface area (TPSA) is 68.1 Å². The molecule has 78 valence electrons. The normalized spacial score (nSPS) is 9.33. The van der Waals surface area contributed by atoms with Gasteiger partial charge in [-0.15, -0.1) is 12.3 Å². The van der Waals surface area contributed by atoms with Gasteiger partial charge in [0.1, 0.15) is 0 Å². The summed E-state index contributed by atoms with van der Waals surface area (Å²) in [6.45, 7) is 0.464. The minimum atomic E-state index is -0.490. The maximum Gasteiger partial charge on any atom is 0.312 e. The molecule has 0 spiro atoms. The van der Waals surface area contributed by atoms with Crippen molar-refractivity contribution in [1.82, 2.24) is 4.98 Å². The Morgan fingerprint density at radius 3 is 3.07 bits per heavy atom. The number of rotatable bonds is 4. The van der Waals surface area contributed by atoms with Gasteiger partial charge < -0.3 is 5.32 Å². The summed E-state index contributed by atoms with van der Waals surface area (Å²) in [7, 11) is 0. The SMILES string of the molecule is C#CCCNc1ncc(Br)cc1[N+](=O)[O-]. The van der Waals surface area contributed by atoms with E-state index in [1.165, 1.54) is 12.3 Å². The van der Waals surface area contributed by atoms with Gasteiger partial charge in [0.2, 0.25) is 5.82 Å². The molecular formula is C9H8BrN3O2. The predicted molar refractivity (Wildman–Crippen MR) is 60.5 cm³/mol. The maximum atomic E-state index is 10.7. The van der Waals surface area contributed by atoms with Crippen LogP contribution >= 0.6 is 15.9 Å². The summed E-state index contributed by atoms with van der Waals surface area (Å²) in [5, 5.41) is 13.5. The third-order valence-electron chi connectivity index (χ3n) is 1.59. The number of nitrogens with zero attached hydrogens (tertiary/aromatic N) is 2. The van der Waals surface area contributed by atoms with Crippen LogP contribution in [0.25, 0.3) is 0 Å². The van der Waals surface area contributed by atoms with E-state index in [0.717, 1.165) is 0 Å². The van der Waals surface area contributed by atoms with Gasteiger partial charge in [-0.25, -0.2) is 4.98 Å². The molecule has 0 atom stereocenters. The molecule has 1 rings (SSSR count). The molecule has 1 aromatic heterocycles. The van der Waals surface area contributed by atoms with Crippen molar-refractivity contribution in [3.05, 3.63) is 26.9 Å². The van der Waals surface area contributed by atoms with Crippen LogP contribution in [0.1, 0.15) is 6.42 Å². The molecule has 1 aromatic rings. The molecule has 1 heterocycles. The number of nitrogens with one attached hydrogen (secondary N) is 1. The first-order valence-electron chi connectivity index (χ1n) is 4.12. The number of hydrogen-bond acceptors (Lipinski definition) is 4. The molecular weight excluding hydrogens is 262 g/mol. The molecule has 0 unspecified atom stereocenters. The van der Waals surface area contributed by atoms with Crippen LogP contribution in [0.2, 0.25) is 0 Å². The van der Waals surface area contributed by atoms with Crippen LogP contribution in [0.3, 0.4) is 0 Å². The second-order valence-electron chi connectivity index (χ2n) is 2.66. The van der Waals surface area contributed by atoms with Gasteiger partial charge in [0.25, 0.3) is 0 Å². The van der Waals surface area contributed by atoms with Crippen molar-refractivity contribution in [2.75, 3.05) is 11.9 Å². The number of halogens is 1. The zero-order valence-corrected chi connectivity index (χ0v) is 9.32. The van der Waals surface area contributed by atoms with Crippen LogP contribution in [0.15, 0.2) is 16.7 Å². The van der Waals surface area contributed by atoms with Crippen LogP contribution < -0.4 is 5.32 Å². The van der Waals surface area contributed by atoms with E-state index in [2.05, 4.69) is 32.2 Å². The van der Waals surface area contributed by atoms with Crippen LogP contribution in [0.4, 0.5) is 11.5 Å². The van der Waals surface area contributed by atoms with Gasteiger partial charge >= 0.3 is 5.69 Å². The van der Waals surface area contributed by atoms with Crippen molar-refractivity contribution in [2.24, 2.45) is 0 Å². The molecule has 0 aliphatic carbocycles. The van der Waals surface area contributed by atoms with Gasteiger partial charge in [0.05, 0.1) is 4.92 Å². The lowest BCUT2D eigenvalue weighted by atomic mass is 10.3. The molecule has 0 aliphatic heterocycles. The second-order valence-corrected chi connectivity index (χ2v) is 3.57. The first-order chi connectivity index (χ1) is 7.15. The molecule has 0 saturated carbocycles. The predicted octanol–water partition coefficient (Wildman–Crippen LogP) is 2.19. The maximum absolute atomic E-state index is 10.7. The fourth-order valence-electron chi connectivity index (χ4n) is 0.957. The van der Waals surface area contributed by atoms with Crippen LogP contribution in [0.5, 0.6) is 0 Å². The Kier molecular flexibility index (Phi) is 4.06. The summed E-state index contributed by atoms with van der Waals surface area (Å²) in [5.74, 6) is 2.66. The average Bonchev–Trinajstić information content (AvgIpc) is 2.20. The Balaban J connectivity index is 2.87. The molecule has 0 bridgehead atoms. The Bertz CT molecular complexity index is 414. The monoisotopic (exact) mass is 269 g/mol. The second kappa shape index (κ2) is 5.32. The fourth-order valence-corrected chi connectivity index (χ4v) is 1.28. The molecule has 5 nitrogen and oxygen atoms in total. The third-order valence-corrected chi connectivity index (χ3v) is 2.03. The summed E-state index contributed by atoms with van der Waals surface area (Å²) >= 11 is 3.12. The van der Waals surface area contributed by atoms with E-state index in [9.17, 15) is 10.1 Å². The smallest absolute Gasteiger partial charge is 0.312 e. The highest BCUT2D eigenvalue weighted by Gasteiger charge is 2.14. The largest absolute Gasteiger partial charge is 0.363 e. The molecule has 0 amide bonds. The van der Waals surface area contributed by atoms with Crippen LogP contribution in [0, 0.1) is 22.5 Å². The van der Waals surface area contributed by atoms with Gasteiger partial charge in [0.15, 0.2) is 0 Å². The van der Waals surface area contributed by atoms with E-state index < -0.39 is 4.92 Å². The average molecular weight is 270 g/mol. The molecule has 0 fully saturated rings. The van der Waals surface area contributed by atoms with E-state index in [1.807, 2.05) is 0 Å². The lowest BCUT2D eigenvalue weighted by molar-refractivity contribution is -0.384. The zero-order valence-electron chi connectivity index (χ0n) is 7.74. The van der Waals surface area contributed by atoms with Crippen LogP contribution in [-0.2, 0) is 0 Å². The van der Waals surface area contributed by atoms with Gasteiger partial charge in [-0.05, 0) is 15.9 Å². The summed E-state index contributed by atoms with van der Waals surface area (Å²) in [5.41, 5.74) is -0.0682. The van der Waals surface area contributed by atoms with Gasteiger partial charge in [-0.3, -0.25) is 10.1 Å². The van der Waals surface area contributed by atoms with Gasteiger partial charge in [-0.2, -0.15) is 0 Å². The Labute approximate surface area is 95.2 Å². The molecule has 0 aromatic carbocycles. The highest BCUT2D eigenvalue weighted by molar-refractivity contribution is 9.10. The Morgan fingerprint density at radius 1 is 1.73 bits per heavy atom. The molecule has 15 heavy (non-hydrogen) atoms. The standard InChI is InChI=1S/C9H8BrN3O2/c1-2-3-4-11-9-8(13(14)15)5-7(10)6-12-9/h1,5-6H,3-4H2,(H,11,12). The Morgan fingerprint density at radius 2 is 2.47 bits per heavy atom. The number of nitro groups is 1. The molecule has 6 heteroatoms. The summed E-state index contributed by atoms with van der Waals surface area (Å²) in [4.78, 5) is 14.1. The van der Waals surface area contributed by atoms with Crippen molar-refractivity contribution in [3.63, 3.8) is 0 Å². The molecule has 0 saturated heterocycles. The summed E-state index contributed by atoms with van der Waals surface area (Å²) < 4.78 is 0.566. The number of aromatic nitrogens is 1. The van der Waals surface area contributed by atoms with E-state index in [4.69, 9.17) is 6.42 Å². The number of hydrogen-bond donors (Lipinski definition) is 1. The fraction of sp³-hybridized carbons (Fsp3) is 0.222. The highest BCUT2D eigenvalue weighted by atomic mass is 79.9. The van der Waals surface area contributed by atoms with E-state index in [1.54, 1.807) is 0 Å².